The van der Waals surface area contributed by atoms with E-state index >= 15 is 0 Å². The van der Waals surface area contributed by atoms with Crippen LogP contribution in [0.15, 0.2) is 158 Å². The quantitative estimate of drug-likeness (QED) is 0.199. The zero-order valence-corrected chi connectivity index (χ0v) is 25.8. The molecule has 0 aliphatic carbocycles. The first-order chi connectivity index (χ1) is 23.7. The molecule has 0 saturated carbocycles. The molecule has 4 nitrogen and oxygen atoms in total. The summed E-state index contributed by atoms with van der Waals surface area (Å²) in [5, 5.41) is 24.4. The molecule has 0 bridgehead atoms. The SMILES string of the molecule is N#Cc1ccc(-c2ccc(-n3c4ccccc4c4ccccc43)cc2)c(-c2ccccc2-n2c3ccccc3c3c(C#N)cccc32)c1. The van der Waals surface area contributed by atoms with E-state index in [1.807, 2.05) is 48.5 Å². The lowest BCUT2D eigenvalue weighted by molar-refractivity contribution is 1.18. The van der Waals surface area contributed by atoms with Crippen molar-refractivity contribution in [2.75, 3.05) is 0 Å². The molecule has 2 aromatic heterocycles. The molecule has 0 amide bonds. The van der Waals surface area contributed by atoms with Gasteiger partial charge in [-0.25, -0.2) is 0 Å². The van der Waals surface area contributed by atoms with E-state index in [2.05, 4.69) is 130 Å². The minimum absolute atomic E-state index is 0.597. The van der Waals surface area contributed by atoms with E-state index in [4.69, 9.17) is 0 Å². The molecule has 48 heavy (non-hydrogen) atoms. The first-order valence-electron chi connectivity index (χ1n) is 15.9. The van der Waals surface area contributed by atoms with Crippen LogP contribution in [0.1, 0.15) is 11.1 Å². The van der Waals surface area contributed by atoms with E-state index in [1.54, 1.807) is 0 Å². The van der Waals surface area contributed by atoms with Crippen LogP contribution in [0.5, 0.6) is 0 Å². The fourth-order valence-corrected chi connectivity index (χ4v) is 7.35. The van der Waals surface area contributed by atoms with E-state index in [-0.39, 0.29) is 0 Å². The van der Waals surface area contributed by atoms with Crippen molar-refractivity contribution in [3.63, 3.8) is 0 Å². The highest BCUT2D eigenvalue weighted by atomic mass is 15.0. The lowest BCUT2D eigenvalue weighted by Crippen LogP contribution is -1.99. The predicted molar refractivity (Wildman–Crippen MR) is 195 cm³/mol. The summed E-state index contributed by atoms with van der Waals surface area (Å²) in [4.78, 5) is 0. The zero-order chi connectivity index (χ0) is 32.2. The Morgan fingerprint density at radius 3 is 1.71 bits per heavy atom. The molecule has 0 saturated heterocycles. The van der Waals surface area contributed by atoms with Gasteiger partial charge in [0.2, 0.25) is 0 Å². The largest absolute Gasteiger partial charge is 0.309 e. The number of rotatable bonds is 4. The van der Waals surface area contributed by atoms with Crippen molar-refractivity contribution < 1.29 is 0 Å². The fourth-order valence-electron chi connectivity index (χ4n) is 7.35. The van der Waals surface area contributed by atoms with Crippen molar-refractivity contribution in [3.8, 4) is 45.8 Å². The Morgan fingerprint density at radius 2 is 1.02 bits per heavy atom. The van der Waals surface area contributed by atoms with Gasteiger partial charge >= 0.3 is 0 Å². The van der Waals surface area contributed by atoms with Crippen molar-refractivity contribution in [1.82, 2.24) is 9.13 Å². The van der Waals surface area contributed by atoms with Gasteiger partial charge in [-0.2, -0.15) is 10.5 Å². The highest BCUT2D eigenvalue weighted by Gasteiger charge is 2.20. The average Bonchev–Trinajstić information content (AvgIpc) is 3.68. The van der Waals surface area contributed by atoms with Crippen molar-refractivity contribution in [2.24, 2.45) is 0 Å². The number of nitriles is 2. The molecule has 0 atom stereocenters. The average molecular weight is 611 g/mol. The maximum absolute atomic E-state index is 10.0. The van der Waals surface area contributed by atoms with Gasteiger partial charge in [0.15, 0.2) is 0 Å². The maximum atomic E-state index is 10.0. The molecule has 9 aromatic rings. The Labute approximate surface area is 277 Å². The fraction of sp³-hybridized carbons (Fsp3) is 0. The van der Waals surface area contributed by atoms with Gasteiger partial charge in [-0.3, -0.25) is 0 Å². The molecule has 0 aliphatic rings. The molecule has 0 spiro atoms. The second-order valence-electron chi connectivity index (χ2n) is 12.0. The summed E-state index contributed by atoms with van der Waals surface area (Å²) in [6.07, 6.45) is 0. The second-order valence-corrected chi connectivity index (χ2v) is 12.0. The van der Waals surface area contributed by atoms with Crippen LogP contribution in [-0.4, -0.2) is 9.13 Å². The van der Waals surface area contributed by atoms with Crippen LogP contribution < -0.4 is 0 Å². The second kappa shape index (κ2) is 10.9. The molecular formula is C44H26N4. The molecule has 7 aromatic carbocycles. The smallest absolute Gasteiger partial charge is 0.0998 e. The molecule has 0 aliphatic heterocycles. The van der Waals surface area contributed by atoms with Crippen molar-refractivity contribution in [3.05, 3.63) is 169 Å². The van der Waals surface area contributed by atoms with Crippen LogP contribution in [-0.2, 0) is 0 Å². The van der Waals surface area contributed by atoms with Gasteiger partial charge in [0.25, 0.3) is 0 Å². The number of aromatic nitrogens is 2. The topological polar surface area (TPSA) is 57.4 Å². The Balaban J connectivity index is 1.25. The van der Waals surface area contributed by atoms with Crippen molar-refractivity contribution >= 4 is 43.6 Å². The summed E-state index contributed by atoms with van der Waals surface area (Å²) >= 11 is 0. The van der Waals surface area contributed by atoms with Crippen LogP contribution in [0.4, 0.5) is 0 Å². The van der Waals surface area contributed by atoms with Crippen LogP contribution in [0, 0.1) is 22.7 Å². The van der Waals surface area contributed by atoms with E-state index in [0.29, 0.717) is 11.1 Å². The summed E-state index contributed by atoms with van der Waals surface area (Å²) in [5.41, 5.74) is 11.7. The molecule has 9 rings (SSSR count). The summed E-state index contributed by atoms with van der Waals surface area (Å²) in [5.74, 6) is 0. The van der Waals surface area contributed by atoms with E-state index in [0.717, 1.165) is 55.4 Å². The third-order valence-corrected chi connectivity index (χ3v) is 9.42. The zero-order valence-electron chi connectivity index (χ0n) is 25.8. The number of para-hydroxylation sites is 4. The molecule has 2 heterocycles. The van der Waals surface area contributed by atoms with Crippen LogP contribution in [0.25, 0.3) is 77.2 Å². The minimum atomic E-state index is 0.597. The van der Waals surface area contributed by atoms with E-state index in [9.17, 15) is 10.5 Å². The Kier molecular flexibility index (Phi) is 6.22. The minimum Gasteiger partial charge on any atom is -0.309 e. The Morgan fingerprint density at radius 1 is 0.417 bits per heavy atom. The van der Waals surface area contributed by atoms with Crippen LogP contribution >= 0.6 is 0 Å². The number of nitrogens with zero attached hydrogens (tertiary/aromatic N) is 4. The molecular weight excluding hydrogens is 585 g/mol. The standard InChI is InChI=1S/C44H26N4/c45-27-29-20-25-33(30-21-23-32(24-22-30)47-39-15-5-1-11-34(39)35-12-2-6-16-40(35)47)38(26-29)36-13-3-7-17-41(36)48-42-18-8-4-14-37(42)44-31(28-46)10-9-19-43(44)48/h1-26H. The molecule has 0 fully saturated rings. The number of benzene rings is 7. The summed E-state index contributed by atoms with van der Waals surface area (Å²) in [6.45, 7) is 0. The Bertz CT molecular complexity index is 2750. The first kappa shape index (κ1) is 27.4. The molecule has 222 valence electrons. The molecule has 4 heteroatoms. The monoisotopic (exact) mass is 610 g/mol. The van der Waals surface area contributed by atoms with Crippen molar-refractivity contribution in [2.45, 2.75) is 0 Å². The predicted octanol–water partition coefficient (Wildman–Crippen LogP) is 11.0. The molecule has 0 N–H and O–H groups in total. The summed E-state index contributed by atoms with van der Waals surface area (Å²) in [7, 11) is 0. The molecule has 0 unspecified atom stereocenters. The highest BCUT2D eigenvalue weighted by molar-refractivity contribution is 6.12. The van der Waals surface area contributed by atoms with Gasteiger partial charge in [-0.05, 0) is 77.4 Å². The lowest BCUT2D eigenvalue weighted by Gasteiger charge is -2.17. The van der Waals surface area contributed by atoms with Crippen LogP contribution in [0.3, 0.4) is 0 Å². The van der Waals surface area contributed by atoms with Gasteiger partial charge in [-0.15, -0.1) is 0 Å². The summed E-state index contributed by atoms with van der Waals surface area (Å²) in [6, 6.07) is 58.9. The van der Waals surface area contributed by atoms with E-state index < -0.39 is 0 Å². The van der Waals surface area contributed by atoms with Crippen molar-refractivity contribution in [1.29, 1.82) is 10.5 Å². The van der Waals surface area contributed by atoms with Gasteiger partial charge in [0.05, 0.1) is 51.0 Å². The number of fused-ring (bicyclic) bond motifs is 6. The highest BCUT2D eigenvalue weighted by Crippen LogP contribution is 2.41. The summed E-state index contributed by atoms with van der Waals surface area (Å²) < 4.78 is 4.57. The first-order valence-corrected chi connectivity index (χ1v) is 15.9. The third kappa shape index (κ3) is 4.07. The van der Waals surface area contributed by atoms with Gasteiger partial charge in [-0.1, -0.05) is 97.1 Å². The normalized spacial score (nSPS) is 11.3. The van der Waals surface area contributed by atoms with E-state index in [1.165, 1.54) is 21.8 Å². The van der Waals surface area contributed by atoms with Gasteiger partial charge in [0.1, 0.15) is 0 Å². The van der Waals surface area contributed by atoms with Gasteiger partial charge in [0, 0.05) is 32.8 Å². The number of hydrogen-bond donors (Lipinski definition) is 0. The Hall–Kier alpha value is -6.88. The van der Waals surface area contributed by atoms with Gasteiger partial charge < -0.3 is 9.13 Å². The maximum Gasteiger partial charge on any atom is 0.0998 e. The lowest BCUT2D eigenvalue weighted by atomic mass is 9.91. The third-order valence-electron chi connectivity index (χ3n) is 9.42. The number of hydrogen-bond acceptors (Lipinski definition) is 2. The molecule has 0 radical (unpaired) electrons. The van der Waals surface area contributed by atoms with Crippen LogP contribution in [0.2, 0.25) is 0 Å².